The van der Waals surface area contributed by atoms with E-state index in [1.165, 1.54) is 11.8 Å². The topological polar surface area (TPSA) is 36.4 Å². The van der Waals surface area contributed by atoms with Gasteiger partial charge in [-0.15, -0.1) is 0 Å². The lowest BCUT2D eigenvalue weighted by Gasteiger charge is -2.36. The number of hydrogen-bond donors (Lipinski definition) is 0. The first kappa shape index (κ1) is 17.4. The molecule has 1 aliphatic rings. The quantitative estimate of drug-likeness (QED) is 0.754. The summed E-state index contributed by atoms with van der Waals surface area (Å²) in [6.45, 7) is 3.03. The van der Waals surface area contributed by atoms with Crippen LogP contribution in [0.4, 0.5) is 5.69 Å². The lowest BCUT2D eigenvalue weighted by molar-refractivity contribution is -0.128. The second kappa shape index (κ2) is 8.10. The van der Waals surface area contributed by atoms with Gasteiger partial charge in [0.2, 0.25) is 5.91 Å². The summed E-state index contributed by atoms with van der Waals surface area (Å²) in [6, 6.07) is 11.4. The fourth-order valence-electron chi connectivity index (χ4n) is 2.59. The van der Waals surface area contributed by atoms with Crippen LogP contribution in [0.3, 0.4) is 0 Å². The van der Waals surface area contributed by atoms with Gasteiger partial charge in [-0.05, 0) is 30.3 Å². The SMILES string of the molecule is O=C(CSc1ncccc1Cl)N1CCN(c2cccc(Cl)c2)CC1. The number of rotatable bonds is 4. The Morgan fingerprint density at radius 3 is 2.62 bits per heavy atom. The molecule has 1 saturated heterocycles. The molecule has 126 valence electrons. The Morgan fingerprint density at radius 1 is 1.12 bits per heavy atom. The Morgan fingerprint density at radius 2 is 1.92 bits per heavy atom. The lowest BCUT2D eigenvalue weighted by Crippen LogP contribution is -2.49. The summed E-state index contributed by atoms with van der Waals surface area (Å²) in [5, 5.41) is 2.01. The van der Waals surface area contributed by atoms with Gasteiger partial charge in [0.1, 0.15) is 5.03 Å². The average Bonchev–Trinajstić information content (AvgIpc) is 2.61. The van der Waals surface area contributed by atoms with Gasteiger partial charge in [-0.1, -0.05) is 41.0 Å². The number of halogens is 2. The van der Waals surface area contributed by atoms with Crippen molar-refractivity contribution in [3.05, 3.63) is 52.6 Å². The van der Waals surface area contributed by atoms with Crippen LogP contribution in [-0.4, -0.2) is 47.7 Å². The van der Waals surface area contributed by atoms with Crippen LogP contribution in [0.15, 0.2) is 47.6 Å². The number of thioether (sulfide) groups is 1. The summed E-state index contributed by atoms with van der Waals surface area (Å²) in [5.41, 5.74) is 1.10. The predicted molar refractivity (Wildman–Crippen MR) is 100 cm³/mol. The molecule has 1 fully saturated rings. The number of piperazine rings is 1. The van der Waals surface area contributed by atoms with Crippen LogP contribution >= 0.6 is 35.0 Å². The predicted octanol–water partition coefficient (Wildman–Crippen LogP) is 3.83. The summed E-state index contributed by atoms with van der Waals surface area (Å²) in [6.07, 6.45) is 1.68. The van der Waals surface area contributed by atoms with Crippen LogP contribution < -0.4 is 4.90 Å². The number of hydrogen-bond acceptors (Lipinski definition) is 4. The minimum Gasteiger partial charge on any atom is -0.368 e. The lowest BCUT2D eigenvalue weighted by atomic mass is 10.2. The summed E-state index contributed by atoms with van der Waals surface area (Å²) >= 11 is 13.5. The van der Waals surface area contributed by atoms with Gasteiger partial charge in [0.25, 0.3) is 0 Å². The van der Waals surface area contributed by atoms with E-state index in [-0.39, 0.29) is 5.91 Å². The average molecular weight is 382 g/mol. The van der Waals surface area contributed by atoms with Gasteiger partial charge in [-0.25, -0.2) is 4.98 Å². The van der Waals surface area contributed by atoms with Crippen LogP contribution in [0.5, 0.6) is 0 Å². The van der Waals surface area contributed by atoms with Crippen molar-refractivity contribution in [3.63, 3.8) is 0 Å². The van der Waals surface area contributed by atoms with Gasteiger partial charge >= 0.3 is 0 Å². The van der Waals surface area contributed by atoms with E-state index < -0.39 is 0 Å². The van der Waals surface area contributed by atoms with Crippen molar-refractivity contribution in [2.45, 2.75) is 5.03 Å². The van der Waals surface area contributed by atoms with Crippen LogP contribution in [0.2, 0.25) is 10.0 Å². The third kappa shape index (κ3) is 4.35. The molecule has 0 saturated carbocycles. The fourth-order valence-corrected chi connectivity index (χ4v) is 3.84. The highest BCUT2D eigenvalue weighted by Crippen LogP contribution is 2.25. The van der Waals surface area contributed by atoms with Crippen molar-refractivity contribution in [1.29, 1.82) is 0 Å². The molecule has 2 heterocycles. The molecule has 1 amide bonds. The van der Waals surface area contributed by atoms with Crippen LogP contribution in [0.25, 0.3) is 0 Å². The molecule has 0 atom stereocenters. The third-order valence-corrected chi connectivity index (χ3v) is 5.50. The number of amides is 1. The molecule has 1 aliphatic heterocycles. The van der Waals surface area contributed by atoms with E-state index >= 15 is 0 Å². The molecule has 0 aliphatic carbocycles. The van der Waals surface area contributed by atoms with Crippen LogP contribution in [-0.2, 0) is 4.79 Å². The van der Waals surface area contributed by atoms with Crippen molar-refractivity contribution in [2.75, 3.05) is 36.8 Å². The van der Waals surface area contributed by atoms with E-state index in [0.29, 0.717) is 28.9 Å². The van der Waals surface area contributed by atoms with Crippen molar-refractivity contribution < 1.29 is 4.79 Å². The molecular weight excluding hydrogens is 365 g/mol. The fraction of sp³-hybridized carbons (Fsp3) is 0.294. The Labute approximate surface area is 155 Å². The van der Waals surface area contributed by atoms with E-state index in [1.54, 1.807) is 18.3 Å². The zero-order valence-corrected chi connectivity index (χ0v) is 15.3. The van der Waals surface area contributed by atoms with Crippen molar-refractivity contribution in [2.24, 2.45) is 0 Å². The van der Waals surface area contributed by atoms with Gasteiger partial charge < -0.3 is 9.80 Å². The molecule has 0 spiro atoms. The van der Waals surface area contributed by atoms with E-state index in [9.17, 15) is 4.79 Å². The Kier molecular flexibility index (Phi) is 5.87. The first-order valence-corrected chi connectivity index (χ1v) is 9.39. The van der Waals surface area contributed by atoms with Gasteiger partial charge in [-0.3, -0.25) is 4.79 Å². The molecule has 7 heteroatoms. The number of anilines is 1. The maximum Gasteiger partial charge on any atom is 0.233 e. The van der Waals surface area contributed by atoms with E-state index in [2.05, 4.69) is 9.88 Å². The highest BCUT2D eigenvalue weighted by Gasteiger charge is 2.21. The standard InChI is InChI=1S/C17H17Cl2N3OS/c18-13-3-1-4-14(11-13)21-7-9-22(10-8-21)16(23)12-24-17-15(19)5-2-6-20-17/h1-6,11H,7-10,12H2. The first-order valence-electron chi connectivity index (χ1n) is 7.65. The number of carbonyl (C=O) groups is 1. The summed E-state index contributed by atoms with van der Waals surface area (Å²) < 4.78 is 0. The molecule has 0 unspecified atom stereocenters. The number of carbonyl (C=O) groups excluding carboxylic acids is 1. The molecule has 4 nitrogen and oxygen atoms in total. The van der Waals surface area contributed by atoms with Crippen molar-refractivity contribution in [3.8, 4) is 0 Å². The Balaban J connectivity index is 1.51. The minimum atomic E-state index is 0.118. The monoisotopic (exact) mass is 381 g/mol. The number of pyridine rings is 1. The molecule has 0 N–H and O–H groups in total. The second-order valence-corrected chi connectivity index (χ2v) is 7.23. The Bertz CT molecular complexity index is 720. The summed E-state index contributed by atoms with van der Waals surface area (Å²) in [4.78, 5) is 20.7. The van der Waals surface area contributed by atoms with Crippen molar-refractivity contribution in [1.82, 2.24) is 9.88 Å². The maximum absolute atomic E-state index is 12.4. The van der Waals surface area contributed by atoms with Crippen LogP contribution in [0.1, 0.15) is 0 Å². The molecule has 24 heavy (non-hydrogen) atoms. The third-order valence-electron chi connectivity index (χ3n) is 3.86. The van der Waals surface area contributed by atoms with E-state index in [1.807, 2.05) is 29.2 Å². The summed E-state index contributed by atoms with van der Waals surface area (Å²) in [5.74, 6) is 0.473. The maximum atomic E-state index is 12.4. The minimum absolute atomic E-state index is 0.118. The number of nitrogens with zero attached hydrogens (tertiary/aromatic N) is 3. The highest BCUT2D eigenvalue weighted by atomic mass is 35.5. The smallest absolute Gasteiger partial charge is 0.233 e. The normalized spacial score (nSPS) is 14.8. The molecule has 1 aromatic carbocycles. The highest BCUT2D eigenvalue weighted by molar-refractivity contribution is 8.00. The number of aromatic nitrogens is 1. The zero-order valence-electron chi connectivity index (χ0n) is 13.0. The van der Waals surface area contributed by atoms with Gasteiger partial charge in [-0.2, -0.15) is 0 Å². The first-order chi connectivity index (χ1) is 11.6. The number of benzene rings is 1. The zero-order chi connectivity index (χ0) is 16.9. The van der Waals surface area contributed by atoms with Crippen molar-refractivity contribution >= 4 is 46.6 Å². The molecule has 2 aromatic rings. The van der Waals surface area contributed by atoms with Gasteiger partial charge in [0.15, 0.2) is 0 Å². The molecular formula is C17H17Cl2N3OS. The Hall–Kier alpha value is -1.43. The van der Waals surface area contributed by atoms with E-state index in [4.69, 9.17) is 23.2 Å². The largest absolute Gasteiger partial charge is 0.368 e. The van der Waals surface area contributed by atoms with E-state index in [0.717, 1.165) is 23.8 Å². The molecule has 0 bridgehead atoms. The van der Waals surface area contributed by atoms with Gasteiger partial charge in [0.05, 0.1) is 10.8 Å². The van der Waals surface area contributed by atoms with Crippen LogP contribution in [0, 0.1) is 0 Å². The molecule has 3 rings (SSSR count). The summed E-state index contributed by atoms with van der Waals surface area (Å²) in [7, 11) is 0. The second-order valence-electron chi connectivity index (χ2n) is 5.43. The molecule has 1 aromatic heterocycles. The van der Waals surface area contributed by atoms with Gasteiger partial charge in [0, 0.05) is 43.1 Å². The molecule has 0 radical (unpaired) electrons.